The lowest BCUT2D eigenvalue weighted by atomic mass is 9.97. The fourth-order valence-electron chi connectivity index (χ4n) is 4.51. The van der Waals surface area contributed by atoms with Crippen LogP contribution in [0, 0.1) is 0 Å². The normalized spacial score (nSPS) is 14.0. The zero-order chi connectivity index (χ0) is 23.3. The van der Waals surface area contributed by atoms with Crippen molar-refractivity contribution in [3.8, 4) is 5.75 Å². The number of phenolic OH excluding ortho intramolecular Hbond substituents is 1. The van der Waals surface area contributed by atoms with E-state index in [0.717, 1.165) is 25.7 Å². The van der Waals surface area contributed by atoms with Crippen molar-refractivity contribution in [1.29, 1.82) is 0 Å². The number of nitrogens with one attached hydrogen (secondary N) is 2. The molecular formula is C25H30N2O5. The summed E-state index contributed by atoms with van der Waals surface area (Å²) in [7, 11) is 0. The SMILES string of the molecule is CCc1cc2c(cc1CC)CC(NC[C@H](O)c1ccc(O)c3[nH]c(=O)ccc13)C2.O=CO. The number of carbonyl (C=O) groups is 1. The van der Waals surface area contributed by atoms with Crippen LogP contribution < -0.4 is 10.9 Å². The van der Waals surface area contributed by atoms with Gasteiger partial charge in [0.25, 0.3) is 6.47 Å². The second kappa shape index (κ2) is 10.4. The summed E-state index contributed by atoms with van der Waals surface area (Å²) >= 11 is 0. The molecule has 0 radical (unpaired) electrons. The lowest BCUT2D eigenvalue weighted by Gasteiger charge is -2.18. The number of aromatic amines is 1. The number of aliphatic hydroxyl groups excluding tert-OH is 1. The number of hydrogen-bond donors (Lipinski definition) is 5. The Morgan fingerprint density at radius 1 is 1.09 bits per heavy atom. The van der Waals surface area contributed by atoms with Gasteiger partial charge in [-0.1, -0.05) is 32.0 Å². The number of pyridine rings is 1. The van der Waals surface area contributed by atoms with E-state index < -0.39 is 6.10 Å². The van der Waals surface area contributed by atoms with Crippen LogP contribution in [0.5, 0.6) is 5.75 Å². The number of aromatic nitrogens is 1. The smallest absolute Gasteiger partial charge is 0.290 e. The Labute approximate surface area is 186 Å². The molecule has 3 aromatic rings. The van der Waals surface area contributed by atoms with E-state index in [-0.39, 0.29) is 17.8 Å². The summed E-state index contributed by atoms with van der Waals surface area (Å²) in [5.41, 5.74) is 6.49. The molecule has 1 aromatic heterocycles. The molecule has 0 unspecified atom stereocenters. The van der Waals surface area contributed by atoms with E-state index in [9.17, 15) is 15.0 Å². The summed E-state index contributed by atoms with van der Waals surface area (Å²) in [6, 6.07) is 11.3. The molecule has 0 saturated carbocycles. The quantitative estimate of drug-likeness (QED) is 0.377. The molecule has 0 spiro atoms. The fraction of sp³-hybridized carbons (Fsp3) is 0.360. The van der Waals surface area contributed by atoms with Crippen LogP contribution in [0.1, 0.15) is 47.8 Å². The van der Waals surface area contributed by atoms with E-state index in [1.54, 1.807) is 12.1 Å². The van der Waals surface area contributed by atoms with Crippen molar-refractivity contribution in [3.63, 3.8) is 0 Å². The number of aliphatic hydroxyl groups is 1. The van der Waals surface area contributed by atoms with Crippen molar-refractivity contribution in [2.24, 2.45) is 0 Å². The first-order valence-corrected chi connectivity index (χ1v) is 10.9. The van der Waals surface area contributed by atoms with Crippen LogP contribution in [0.2, 0.25) is 0 Å². The summed E-state index contributed by atoms with van der Waals surface area (Å²) in [5.74, 6) is 0.00584. The minimum atomic E-state index is -0.731. The van der Waals surface area contributed by atoms with Gasteiger partial charge in [-0.3, -0.25) is 9.59 Å². The van der Waals surface area contributed by atoms with E-state index in [1.807, 2.05) is 0 Å². The molecule has 2 aromatic carbocycles. The van der Waals surface area contributed by atoms with Crippen molar-refractivity contribution < 1.29 is 20.1 Å². The maximum Gasteiger partial charge on any atom is 0.290 e. The van der Waals surface area contributed by atoms with Crippen LogP contribution in [0.15, 0.2) is 41.2 Å². The van der Waals surface area contributed by atoms with Crippen molar-refractivity contribution in [3.05, 3.63) is 74.6 Å². The minimum absolute atomic E-state index is 0.00584. The van der Waals surface area contributed by atoms with Crippen molar-refractivity contribution in [1.82, 2.24) is 10.3 Å². The zero-order valence-corrected chi connectivity index (χ0v) is 18.4. The Kier molecular flexibility index (Phi) is 7.66. The standard InChI is InChI=1S/C24H28N2O3.CH2O2/c1-3-14-9-16-11-18(12-17(16)10-15(14)4-2)25-13-22(28)19-5-7-21(27)24-20(19)6-8-23(29)26-24;2-1-3/h5-10,18,22,25,27-28H,3-4,11-13H2,1-2H3,(H,26,29);1H,(H,2,3)/t22-;/m0./s1. The Morgan fingerprint density at radius 3 is 2.25 bits per heavy atom. The van der Waals surface area contributed by atoms with Gasteiger partial charge in [0.15, 0.2) is 0 Å². The van der Waals surface area contributed by atoms with Crippen LogP contribution in [0.25, 0.3) is 10.9 Å². The molecule has 170 valence electrons. The van der Waals surface area contributed by atoms with Gasteiger partial charge in [-0.05, 0) is 65.6 Å². The highest BCUT2D eigenvalue weighted by atomic mass is 16.3. The average Bonchev–Trinajstić information content (AvgIpc) is 3.19. The monoisotopic (exact) mass is 438 g/mol. The first-order valence-electron chi connectivity index (χ1n) is 10.9. The molecular weight excluding hydrogens is 408 g/mol. The highest BCUT2D eigenvalue weighted by molar-refractivity contribution is 5.87. The third-order valence-corrected chi connectivity index (χ3v) is 6.08. The third-order valence-electron chi connectivity index (χ3n) is 6.08. The third kappa shape index (κ3) is 5.00. The Balaban J connectivity index is 0.000000913. The fourth-order valence-corrected chi connectivity index (χ4v) is 4.51. The van der Waals surface area contributed by atoms with E-state index in [4.69, 9.17) is 9.90 Å². The van der Waals surface area contributed by atoms with Crippen molar-refractivity contribution in [2.45, 2.75) is 51.7 Å². The number of H-pyrrole nitrogens is 1. The van der Waals surface area contributed by atoms with E-state index >= 15 is 0 Å². The number of benzene rings is 2. The van der Waals surface area contributed by atoms with E-state index in [0.29, 0.717) is 29.1 Å². The predicted molar refractivity (Wildman–Crippen MR) is 124 cm³/mol. The molecule has 1 heterocycles. The summed E-state index contributed by atoms with van der Waals surface area (Å²) in [6.45, 7) is 4.58. The number of fused-ring (bicyclic) bond motifs is 2. The van der Waals surface area contributed by atoms with Crippen LogP contribution in [0.4, 0.5) is 0 Å². The van der Waals surface area contributed by atoms with Gasteiger partial charge < -0.3 is 25.6 Å². The lowest BCUT2D eigenvalue weighted by molar-refractivity contribution is -0.122. The number of rotatable bonds is 6. The largest absolute Gasteiger partial charge is 0.506 e. The van der Waals surface area contributed by atoms with Gasteiger partial charge in [-0.2, -0.15) is 0 Å². The van der Waals surface area contributed by atoms with Crippen LogP contribution in [0.3, 0.4) is 0 Å². The van der Waals surface area contributed by atoms with Crippen LogP contribution in [-0.2, 0) is 30.5 Å². The van der Waals surface area contributed by atoms with Gasteiger partial charge in [0.05, 0.1) is 11.6 Å². The summed E-state index contributed by atoms with van der Waals surface area (Å²) < 4.78 is 0. The molecule has 1 aliphatic carbocycles. The summed E-state index contributed by atoms with van der Waals surface area (Å²) in [4.78, 5) is 22.6. The number of carboxylic acid groups (broad SMARTS) is 1. The first kappa shape index (κ1) is 23.5. The Morgan fingerprint density at radius 2 is 1.69 bits per heavy atom. The molecule has 1 aliphatic rings. The summed E-state index contributed by atoms with van der Waals surface area (Å²) in [6.07, 6.45) is 3.34. The van der Waals surface area contributed by atoms with Crippen molar-refractivity contribution >= 4 is 17.4 Å². The molecule has 1 atom stereocenters. The highest BCUT2D eigenvalue weighted by Gasteiger charge is 2.23. The van der Waals surface area contributed by atoms with Gasteiger partial charge in [0.2, 0.25) is 5.56 Å². The van der Waals surface area contributed by atoms with Gasteiger partial charge >= 0.3 is 0 Å². The van der Waals surface area contributed by atoms with Gasteiger partial charge in [0, 0.05) is 24.0 Å². The lowest BCUT2D eigenvalue weighted by Crippen LogP contribution is -2.33. The van der Waals surface area contributed by atoms with Crippen LogP contribution >= 0.6 is 0 Å². The van der Waals surface area contributed by atoms with E-state index in [2.05, 4.69) is 36.3 Å². The van der Waals surface area contributed by atoms with Gasteiger partial charge in [0.1, 0.15) is 5.75 Å². The second-order valence-corrected chi connectivity index (χ2v) is 8.02. The number of hydrogen-bond acceptors (Lipinski definition) is 5. The molecule has 0 aliphatic heterocycles. The topological polar surface area (TPSA) is 123 Å². The minimum Gasteiger partial charge on any atom is -0.506 e. The Hall–Kier alpha value is -3.16. The number of phenols is 1. The van der Waals surface area contributed by atoms with Gasteiger partial charge in [-0.25, -0.2) is 0 Å². The number of aryl methyl sites for hydroxylation is 2. The Bertz CT molecular complexity index is 1120. The molecule has 5 N–H and O–H groups in total. The zero-order valence-electron chi connectivity index (χ0n) is 18.4. The highest BCUT2D eigenvalue weighted by Crippen LogP contribution is 2.30. The second-order valence-electron chi connectivity index (χ2n) is 8.02. The predicted octanol–water partition coefficient (Wildman–Crippen LogP) is 2.85. The molecule has 32 heavy (non-hydrogen) atoms. The van der Waals surface area contributed by atoms with Gasteiger partial charge in [-0.15, -0.1) is 0 Å². The van der Waals surface area contributed by atoms with Crippen LogP contribution in [-0.4, -0.2) is 39.4 Å². The molecule has 4 rings (SSSR count). The molecule has 7 nitrogen and oxygen atoms in total. The first-order chi connectivity index (χ1) is 15.4. The molecule has 7 heteroatoms. The molecule has 0 saturated heterocycles. The average molecular weight is 439 g/mol. The maximum absolute atomic E-state index is 11.6. The molecule has 0 amide bonds. The molecule has 0 fully saturated rings. The van der Waals surface area contributed by atoms with Crippen molar-refractivity contribution in [2.75, 3.05) is 6.54 Å². The van der Waals surface area contributed by atoms with E-state index in [1.165, 1.54) is 34.4 Å². The summed E-state index contributed by atoms with van der Waals surface area (Å²) in [5, 5.41) is 31.9. The number of aromatic hydroxyl groups is 1. The molecule has 0 bridgehead atoms. The maximum atomic E-state index is 11.6.